The lowest BCUT2D eigenvalue weighted by atomic mass is 9.97. The molecule has 0 amide bonds. The molecule has 0 aliphatic carbocycles. The maximum absolute atomic E-state index is 12.4. The number of nitrogens with one attached hydrogen (secondary N) is 1. The van der Waals surface area contributed by atoms with E-state index in [1.807, 2.05) is 19.9 Å². The van der Waals surface area contributed by atoms with Crippen molar-refractivity contribution >= 4 is 19.3 Å². The van der Waals surface area contributed by atoms with Crippen molar-refractivity contribution in [3.8, 4) is 0 Å². The molecule has 1 heterocycles. The number of benzene rings is 1. The van der Waals surface area contributed by atoms with Crippen LogP contribution >= 0.6 is 7.75 Å². The van der Waals surface area contributed by atoms with E-state index in [1.165, 1.54) is 13.3 Å². The summed E-state index contributed by atoms with van der Waals surface area (Å²) in [5.41, 5.74) is 0.699. The SMILES string of the molecule is COC(=O)/C(=C\NP1(=O)OCC(C)(C)CO1)c1ccccc1. The van der Waals surface area contributed by atoms with E-state index in [9.17, 15) is 9.36 Å². The zero-order valence-corrected chi connectivity index (χ0v) is 13.8. The molecule has 0 atom stereocenters. The van der Waals surface area contributed by atoms with Crippen LogP contribution in [0.25, 0.3) is 5.57 Å². The molecule has 7 heteroatoms. The summed E-state index contributed by atoms with van der Waals surface area (Å²) in [4.78, 5) is 11.9. The monoisotopic (exact) mass is 325 g/mol. The molecule has 1 N–H and O–H groups in total. The molecule has 120 valence electrons. The van der Waals surface area contributed by atoms with E-state index in [4.69, 9.17) is 13.8 Å². The number of hydrogen-bond donors (Lipinski definition) is 1. The Morgan fingerprint density at radius 3 is 2.41 bits per heavy atom. The van der Waals surface area contributed by atoms with Gasteiger partial charge in [-0.3, -0.25) is 14.1 Å². The molecule has 1 aliphatic rings. The molecule has 0 bridgehead atoms. The first-order valence-corrected chi connectivity index (χ1v) is 8.40. The predicted octanol–water partition coefficient (Wildman–Crippen LogP) is 2.97. The van der Waals surface area contributed by atoms with Crippen LogP contribution < -0.4 is 5.09 Å². The van der Waals surface area contributed by atoms with Gasteiger partial charge in [0.2, 0.25) is 0 Å². The minimum absolute atomic E-state index is 0.191. The lowest BCUT2D eigenvalue weighted by Gasteiger charge is -2.33. The van der Waals surface area contributed by atoms with Crippen LogP contribution in [0.4, 0.5) is 0 Å². The van der Waals surface area contributed by atoms with E-state index in [2.05, 4.69) is 5.09 Å². The molecule has 1 aromatic rings. The summed E-state index contributed by atoms with van der Waals surface area (Å²) < 4.78 is 27.8. The number of carbonyl (C=O) groups excluding carboxylic acids is 1. The first-order chi connectivity index (χ1) is 10.4. The van der Waals surface area contributed by atoms with E-state index in [-0.39, 0.29) is 11.0 Å². The van der Waals surface area contributed by atoms with E-state index >= 15 is 0 Å². The summed E-state index contributed by atoms with van der Waals surface area (Å²) in [6.07, 6.45) is 1.32. The van der Waals surface area contributed by atoms with Crippen molar-refractivity contribution in [1.82, 2.24) is 5.09 Å². The Morgan fingerprint density at radius 1 is 1.27 bits per heavy atom. The number of ether oxygens (including phenoxy) is 1. The molecule has 0 aromatic heterocycles. The van der Waals surface area contributed by atoms with Crippen molar-refractivity contribution in [2.45, 2.75) is 13.8 Å². The molecule has 0 unspecified atom stereocenters. The summed E-state index contributed by atoms with van der Waals surface area (Å²) in [5.74, 6) is -0.539. The molecule has 0 spiro atoms. The highest BCUT2D eigenvalue weighted by Crippen LogP contribution is 2.50. The van der Waals surface area contributed by atoms with Gasteiger partial charge < -0.3 is 4.74 Å². The van der Waals surface area contributed by atoms with Gasteiger partial charge in [0.1, 0.15) is 0 Å². The Hall–Kier alpha value is -1.62. The Morgan fingerprint density at radius 2 is 1.86 bits per heavy atom. The molecule has 0 radical (unpaired) electrons. The van der Waals surface area contributed by atoms with Gasteiger partial charge in [0, 0.05) is 11.6 Å². The summed E-state index contributed by atoms with van der Waals surface area (Å²) in [6, 6.07) is 8.94. The fourth-order valence-corrected chi connectivity index (χ4v) is 3.35. The average molecular weight is 325 g/mol. The van der Waals surface area contributed by atoms with Crippen molar-refractivity contribution in [1.29, 1.82) is 0 Å². The third-order valence-corrected chi connectivity index (χ3v) is 4.49. The summed E-state index contributed by atoms with van der Waals surface area (Å²) in [6.45, 7) is 4.53. The Bertz CT molecular complexity index is 598. The molecule has 1 fully saturated rings. The van der Waals surface area contributed by atoms with E-state index in [0.29, 0.717) is 18.8 Å². The number of hydrogen-bond acceptors (Lipinski definition) is 5. The molecular formula is C15H20NO5P. The first kappa shape index (κ1) is 16.7. The summed E-state index contributed by atoms with van der Waals surface area (Å²) in [5, 5.41) is 2.60. The fourth-order valence-electron chi connectivity index (χ4n) is 1.80. The average Bonchev–Trinajstić information content (AvgIpc) is 2.52. The lowest BCUT2D eigenvalue weighted by molar-refractivity contribution is -0.133. The summed E-state index contributed by atoms with van der Waals surface area (Å²) in [7, 11) is -2.16. The van der Waals surface area contributed by atoms with Crippen molar-refractivity contribution < 1.29 is 23.1 Å². The highest BCUT2D eigenvalue weighted by molar-refractivity contribution is 7.51. The highest BCUT2D eigenvalue weighted by Gasteiger charge is 2.36. The third kappa shape index (κ3) is 4.19. The largest absolute Gasteiger partial charge is 0.465 e. The van der Waals surface area contributed by atoms with Gasteiger partial charge in [0.25, 0.3) is 0 Å². The molecular weight excluding hydrogens is 305 g/mol. The zero-order chi connectivity index (χ0) is 16.2. The molecule has 2 rings (SSSR count). The van der Waals surface area contributed by atoms with Gasteiger partial charge in [-0.25, -0.2) is 9.36 Å². The molecule has 1 saturated heterocycles. The van der Waals surface area contributed by atoms with E-state index in [0.717, 1.165) is 0 Å². The highest BCUT2D eigenvalue weighted by atomic mass is 31.2. The van der Waals surface area contributed by atoms with Crippen LogP contribution in [0.1, 0.15) is 19.4 Å². The lowest BCUT2D eigenvalue weighted by Crippen LogP contribution is -2.32. The van der Waals surface area contributed by atoms with Crippen molar-refractivity contribution in [2.24, 2.45) is 5.41 Å². The quantitative estimate of drug-likeness (QED) is 0.521. The second-order valence-corrected chi connectivity index (χ2v) is 7.52. The van der Waals surface area contributed by atoms with Crippen LogP contribution in [0.2, 0.25) is 0 Å². The second-order valence-electron chi connectivity index (χ2n) is 5.75. The molecule has 22 heavy (non-hydrogen) atoms. The van der Waals surface area contributed by atoms with Crippen molar-refractivity contribution in [3.05, 3.63) is 42.1 Å². The normalized spacial score (nSPS) is 20.2. The predicted molar refractivity (Wildman–Crippen MR) is 82.9 cm³/mol. The van der Waals surface area contributed by atoms with E-state index < -0.39 is 13.7 Å². The Balaban J connectivity index is 2.17. The number of carbonyl (C=O) groups is 1. The van der Waals surface area contributed by atoms with Gasteiger partial charge >= 0.3 is 13.7 Å². The number of esters is 1. The maximum Gasteiger partial charge on any atom is 0.432 e. The molecule has 0 saturated carbocycles. The minimum Gasteiger partial charge on any atom is -0.465 e. The van der Waals surface area contributed by atoms with Crippen LogP contribution in [-0.4, -0.2) is 26.3 Å². The topological polar surface area (TPSA) is 73.9 Å². The number of rotatable bonds is 4. The zero-order valence-electron chi connectivity index (χ0n) is 12.9. The van der Waals surface area contributed by atoms with Gasteiger partial charge in [-0.2, -0.15) is 0 Å². The molecule has 1 aromatic carbocycles. The van der Waals surface area contributed by atoms with Crippen LogP contribution in [-0.2, 0) is 23.1 Å². The Labute approximate surface area is 130 Å². The van der Waals surface area contributed by atoms with Gasteiger partial charge in [0.15, 0.2) is 0 Å². The van der Waals surface area contributed by atoms with Gasteiger partial charge in [-0.15, -0.1) is 0 Å². The van der Waals surface area contributed by atoms with Crippen molar-refractivity contribution in [3.63, 3.8) is 0 Å². The fraction of sp³-hybridized carbons (Fsp3) is 0.400. The Kier molecular flexibility index (Phi) is 5.06. The van der Waals surface area contributed by atoms with Crippen LogP contribution in [0.5, 0.6) is 0 Å². The minimum atomic E-state index is -3.45. The van der Waals surface area contributed by atoms with Crippen LogP contribution in [0, 0.1) is 5.41 Å². The van der Waals surface area contributed by atoms with Crippen LogP contribution in [0.3, 0.4) is 0 Å². The summed E-state index contributed by atoms with van der Waals surface area (Å²) >= 11 is 0. The second kappa shape index (κ2) is 6.65. The number of methoxy groups -OCH3 is 1. The molecule has 6 nitrogen and oxygen atoms in total. The van der Waals surface area contributed by atoms with Gasteiger partial charge in [0.05, 0.1) is 25.9 Å². The van der Waals surface area contributed by atoms with Gasteiger partial charge in [-0.1, -0.05) is 44.2 Å². The van der Waals surface area contributed by atoms with E-state index in [1.54, 1.807) is 24.3 Å². The standard InChI is InChI=1S/C15H20NO5P/c1-15(2)10-20-22(18,21-11-15)16-9-13(14(17)19-3)12-7-5-4-6-8-12/h4-9H,10-11H2,1-3H3,(H,16,18)/b13-9-. The van der Waals surface area contributed by atoms with Crippen molar-refractivity contribution in [2.75, 3.05) is 20.3 Å². The smallest absolute Gasteiger partial charge is 0.432 e. The van der Waals surface area contributed by atoms with Crippen LogP contribution in [0.15, 0.2) is 36.5 Å². The first-order valence-electron chi connectivity index (χ1n) is 6.86. The third-order valence-electron chi connectivity index (χ3n) is 3.11. The van der Waals surface area contributed by atoms with Gasteiger partial charge in [-0.05, 0) is 5.56 Å². The molecule has 1 aliphatic heterocycles. The maximum atomic E-state index is 12.4.